The molecule has 154 valence electrons. The molecule has 3 nitrogen and oxygen atoms in total. The summed E-state index contributed by atoms with van der Waals surface area (Å²) in [5.41, 5.74) is 6.95. The lowest BCUT2D eigenvalue weighted by Gasteiger charge is -2.07. The SMILES string of the molecule is C[n+]1c(/C=C/c2ccc3c(c2)c2ccccc2n3Cc2ccccc2)oc2ccccc21. The second-order valence-corrected chi connectivity index (χ2v) is 8.17. The van der Waals surface area contributed by atoms with Crippen LogP contribution in [0.2, 0.25) is 0 Å². The third-order valence-electron chi connectivity index (χ3n) is 6.17. The summed E-state index contributed by atoms with van der Waals surface area (Å²) in [6.07, 6.45) is 4.17. The Bertz CT molecular complexity index is 1600. The minimum atomic E-state index is 0.831. The van der Waals surface area contributed by atoms with Gasteiger partial charge in [-0.05, 0) is 41.5 Å². The van der Waals surface area contributed by atoms with Gasteiger partial charge in [0.25, 0.3) is 5.52 Å². The van der Waals surface area contributed by atoms with E-state index in [9.17, 15) is 0 Å². The van der Waals surface area contributed by atoms with Crippen molar-refractivity contribution in [1.82, 2.24) is 4.57 Å². The fourth-order valence-corrected chi connectivity index (χ4v) is 4.55. The molecule has 6 rings (SSSR count). The average Bonchev–Trinajstić information content (AvgIpc) is 3.33. The van der Waals surface area contributed by atoms with Crippen molar-refractivity contribution in [3.8, 4) is 0 Å². The van der Waals surface area contributed by atoms with Gasteiger partial charge in [-0.15, -0.1) is 0 Å². The molecule has 0 N–H and O–H groups in total. The van der Waals surface area contributed by atoms with Crippen LogP contribution in [0.4, 0.5) is 0 Å². The number of para-hydroxylation sites is 3. The van der Waals surface area contributed by atoms with E-state index >= 15 is 0 Å². The molecular formula is C29H23N2O+. The van der Waals surface area contributed by atoms with E-state index in [1.165, 1.54) is 27.4 Å². The van der Waals surface area contributed by atoms with Gasteiger partial charge in [0.2, 0.25) is 5.58 Å². The maximum absolute atomic E-state index is 6.02. The maximum Gasteiger partial charge on any atom is 0.373 e. The first-order valence-corrected chi connectivity index (χ1v) is 10.9. The fraction of sp³-hybridized carbons (Fsp3) is 0.0690. The Morgan fingerprint density at radius 1 is 0.750 bits per heavy atom. The van der Waals surface area contributed by atoms with Crippen molar-refractivity contribution >= 4 is 45.1 Å². The molecule has 0 aliphatic heterocycles. The molecule has 0 spiro atoms. The van der Waals surface area contributed by atoms with E-state index in [0.717, 1.165) is 29.1 Å². The number of oxazole rings is 1. The summed E-state index contributed by atoms with van der Waals surface area (Å²) in [6.45, 7) is 0.856. The Morgan fingerprint density at radius 2 is 1.50 bits per heavy atom. The molecule has 0 atom stereocenters. The highest BCUT2D eigenvalue weighted by molar-refractivity contribution is 6.08. The summed E-state index contributed by atoms with van der Waals surface area (Å²) in [7, 11) is 2.03. The van der Waals surface area contributed by atoms with Crippen molar-refractivity contribution in [2.45, 2.75) is 6.54 Å². The highest BCUT2D eigenvalue weighted by atomic mass is 16.3. The molecular weight excluding hydrogens is 392 g/mol. The summed E-state index contributed by atoms with van der Waals surface area (Å²) in [5, 5.41) is 2.55. The van der Waals surface area contributed by atoms with Gasteiger partial charge >= 0.3 is 5.89 Å². The highest BCUT2D eigenvalue weighted by Crippen LogP contribution is 2.31. The predicted molar refractivity (Wildman–Crippen MR) is 131 cm³/mol. The van der Waals surface area contributed by atoms with Gasteiger partial charge in [0.1, 0.15) is 7.05 Å². The van der Waals surface area contributed by atoms with E-state index in [0.29, 0.717) is 0 Å². The van der Waals surface area contributed by atoms with Crippen LogP contribution < -0.4 is 4.57 Å². The van der Waals surface area contributed by atoms with Crippen LogP contribution in [0.15, 0.2) is 101 Å². The van der Waals surface area contributed by atoms with Crippen LogP contribution in [-0.2, 0) is 13.6 Å². The van der Waals surface area contributed by atoms with Crippen molar-refractivity contribution < 1.29 is 8.98 Å². The molecule has 32 heavy (non-hydrogen) atoms. The minimum Gasteiger partial charge on any atom is -0.398 e. The van der Waals surface area contributed by atoms with E-state index in [-0.39, 0.29) is 0 Å². The van der Waals surface area contributed by atoms with Gasteiger partial charge in [-0.3, -0.25) is 0 Å². The summed E-state index contributed by atoms with van der Waals surface area (Å²) in [6, 6.07) is 34.1. The zero-order chi connectivity index (χ0) is 21.5. The van der Waals surface area contributed by atoms with Crippen LogP contribution in [0.1, 0.15) is 17.0 Å². The molecule has 0 bridgehead atoms. The molecule has 0 amide bonds. The molecule has 0 fully saturated rings. The van der Waals surface area contributed by atoms with E-state index in [1.807, 2.05) is 31.3 Å². The second-order valence-electron chi connectivity index (χ2n) is 8.17. The van der Waals surface area contributed by atoms with Crippen LogP contribution in [0, 0.1) is 0 Å². The monoisotopic (exact) mass is 415 g/mol. The van der Waals surface area contributed by atoms with E-state index in [4.69, 9.17) is 4.42 Å². The van der Waals surface area contributed by atoms with E-state index in [1.54, 1.807) is 0 Å². The average molecular weight is 416 g/mol. The number of rotatable bonds is 4. The molecule has 0 aliphatic carbocycles. The van der Waals surface area contributed by atoms with Gasteiger partial charge in [-0.1, -0.05) is 66.7 Å². The molecule has 0 aliphatic rings. The minimum absolute atomic E-state index is 0.831. The fourth-order valence-electron chi connectivity index (χ4n) is 4.55. The first-order valence-electron chi connectivity index (χ1n) is 10.9. The number of hydrogen-bond acceptors (Lipinski definition) is 1. The number of hydrogen-bond donors (Lipinski definition) is 0. The summed E-state index contributed by atoms with van der Waals surface area (Å²) in [4.78, 5) is 0. The largest absolute Gasteiger partial charge is 0.398 e. The van der Waals surface area contributed by atoms with Crippen molar-refractivity contribution in [2.75, 3.05) is 0 Å². The van der Waals surface area contributed by atoms with Gasteiger partial charge in [0.05, 0.1) is 6.08 Å². The van der Waals surface area contributed by atoms with Crippen LogP contribution >= 0.6 is 0 Å². The third kappa shape index (κ3) is 3.10. The van der Waals surface area contributed by atoms with E-state index < -0.39 is 0 Å². The molecule has 2 aromatic heterocycles. The number of aryl methyl sites for hydroxylation is 1. The van der Waals surface area contributed by atoms with Gasteiger partial charge in [0, 0.05) is 34.4 Å². The normalized spacial score (nSPS) is 11.9. The molecule has 0 saturated carbocycles. The second kappa shape index (κ2) is 7.54. The number of fused-ring (bicyclic) bond motifs is 4. The quantitative estimate of drug-likeness (QED) is 0.298. The van der Waals surface area contributed by atoms with Gasteiger partial charge in [-0.2, -0.15) is 4.57 Å². The third-order valence-corrected chi connectivity index (χ3v) is 6.17. The number of aromatic nitrogens is 2. The van der Waals surface area contributed by atoms with Crippen molar-refractivity contribution in [2.24, 2.45) is 7.05 Å². The summed E-state index contributed by atoms with van der Waals surface area (Å²) in [5.74, 6) is 0.831. The van der Waals surface area contributed by atoms with Crippen molar-refractivity contribution in [1.29, 1.82) is 0 Å². The van der Waals surface area contributed by atoms with Crippen LogP contribution in [-0.4, -0.2) is 4.57 Å². The lowest BCUT2D eigenvalue weighted by molar-refractivity contribution is -0.651. The van der Waals surface area contributed by atoms with E-state index in [2.05, 4.69) is 94.1 Å². The maximum atomic E-state index is 6.02. The van der Waals surface area contributed by atoms with Crippen molar-refractivity contribution in [3.63, 3.8) is 0 Å². The van der Waals surface area contributed by atoms with Gasteiger partial charge in [-0.25, -0.2) is 0 Å². The zero-order valence-corrected chi connectivity index (χ0v) is 17.9. The van der Waals surface area contributed by atoms with Crippen LogP contribution in [0.25, 0.3) is 45.1 Å². The first-order chi connectivity index (χ1) is 15.8. The Balaban J connectivity index is 1.44. The number of nitrogens with zero attached hydrogens (tertiary/aromatic N) is 2. The van der Waals surface area contributed by atoms with Crippen LogP contribution in [0.3, 0.4) is 0 Å². The molecule has 4 aromatic carbocycles. The lowest BCUT2D eigenvalue weighted by Crippen LogP contribution is -2.29. The molecule has 3 heteroatoms. The number of benzene rings is 4. The van der Waals surface area contributed by atoms with Gasteiger partial charge < -0.3 is 8.98 Å². The highest BCUT2D eigenvalue weighted by Gasteiger charge is 2.16. The molecule has 0 radical (unpaired) electrons. The predicted octanol–water partition coefficient (Wildman–Crippen LogP) is 6.58. The zero-order valence-electron chi connectivity index (χ0n) is 17.9. The first kappa shape index (κ1) is 18.6. The standard InChI is InChI=1S/C29H23N2O/c1-30-27-13-7-8-14-28(27)32-29(30)18-16-21-15-17-26-24(19-21)23-11-5-6-12-25(23)31(26)20-22-9-3-2-4-10-22/h2-19H,20H2,1H3/q+1. The van der Waals surface area contributed by atoms with Crippen molar-refractivity contribution in [3.05, 3.63) is 114 Å². The Morgan fingerprint density at radius 3 is 2.38 bits per heavy atom. The Kier molecular flexibility index (Phi) is 4.39. The molecule has 6 aromatic rings. The summed E-state index contributed by atoms with van der Waals surface area (Å²) < 4.78 is 10.5. The topological polar surface area (TPSA) is 21.9 Å². The van der Waals surface area contributed by atoms with Gasteiger partial charge in [0.15, 0.2) is 0 Å². The molecule has 2 heterocycles. The van der Waals surface area contributed by atoms with Crippen LogP contribution in [0.5, 0.6) is 0 Å². The lowest BCUT2D eigenvalue weighted by atomic mass is 10.1. The molecule has 0 saturated heterocycles. The Hall–Kier alpha value is -4.11. The summed E-state index contributed by atoms with van der Waals surface area (Å²) >= 11 is 0. The molecule has 0 unspecified atom stereocenters. The Labute approximate surface area is 186 Å². The smallest absolute Gasteiger partial charge is 0.373 e.